The molecule has 1 saturated heterocycles. The van der Waals surface area contributed by atoms with E-state index >= 15 is 0 Å². The van der Waals surface area contributed by atoms with Crippen LogP contribution in [0.2, 0.25) is 0 Å². The molecule has 2 aliphatic rings. The van der Waals surface area contributed by atoms with Crippen molar-refractivity contribution < 1.29 is 9.84 Å². The normalized spacial score (nSPS) is 31.6. The molecule has 2 atom stereocenters. The summed E-state index contributed by atoms with van der Waals surface area (Å²) in [5.74, 6) is 1.50. The van der Waals surface area contributed by atoms with Crippen molar-refractivity contribution in [3.8, 4) is 0 Å². The van der Waals surface area contributed by atoms with Crippen LogP contribution < -0.4 is 0 Å². The van der Waals surface area contributed by atoms with Gasteiger partial charge in [-0.25, -0.2) is 0 Å². The van der Waals surface area contributed by atoms with Gasteiger partial charge in [-0.1, -0.05) is 25.7 Å². The van der Waals surface area contributed by atoms with Crippen molar-refractivity contribution >= 4 is 0 Å². The number of rotatable bonds is 4. The fourth-order valence-electron chi connectivity index (χ4n) is 2.85. The van der Waals surface area contributed by atoms with Crippen molar-refractivity contribution in [3.63, 3.8) is 0 Å². The van der Waals surface area contributed by atoms with Crippen LogP contribution in [-0.4, -0.2) is 24.4 Å². The molecule has 13 heavy (non-hydrogen) atoms. The van der Waals surface area contributed by atoms with Crippen molar-refractivity contribution in [1.82, 2.24) is 0 Å². The molecular weight excluding hydrogens is 164 g/mol. The minimum atomic E-state index is 0.334. The Morgan fingerprint density at radius 1 is 1.23 bits per heavy atom. The molecule has 2 rings (SSSR count). The molecule has 76 valence electrons. The van der Waals surface area contributed by atoms with E-state index in [1.165, 1.54) is 32.1 Å². The summed E-state index contributed by atoms with van der Waals surface area (Å²) >= 11 is 0. The maximum atomic E-state index is 9.01. The van der Waals surface area contributed by atoms with Crippen molar-refractivity contribution in [2.45, 2.75) is 44.6 Å². The van der Waals surface area contributed by atoms with E-state index in [-0.39, 0.29) is 0 Å². The molecule has 0 bridgehead atoms. The van der Waals surface area contributed by atoms with Crippen LogP contribution in [0.5, 0.6) is 0 Å². The number of aliphatic hydroxyl groups is 1. The first-order valence-corrected chi connectivity index (χ1v) is 5.64. The molecule has 2 fully saturated rings. The van der Waals surface area contributed by atoms with Gasteiger partial charge in [-0.2, -0.15) is 0 Å². The van der Waals surface area contributed by atoms with Gasteiger partial charge in [0.2, 0.25) is 0 Å². The van der Waals surface area contributed by atoms with Crippen LogP contribution in [-0.2, 0) is 4.74 Å². The Morgan fingerprint density at radius 3 is 2.38 bits per heavy atom. The van der Waals surface area contributed by atoms with Gasteiger partial charge in [0.05, 0.1) is 6.10 Å². The Bertz CT molecular complexity index is 148. The van der Waals surface area contributed by atoms with Crippen molar-refractivity contribution in [2.75, 3.05) is 13.2 Å². The molecule has 2 heteroatoms. The zero-order valence-electron chi connectivity index (χ0n) is 8.24. The van der Waals surface area contributed by atoms with Gasteiger partial charge in [0.1, 0.15) is 0 Å². The van der Waals surface area contributed by atoms with E-state index in [0.717, 1.165) is 18.9 Å². The number of hydrogen-bond acceptors (Lipinski definition) is 2. The van der Waals surface area contributed by atoms with Gasteiger partial charge in [0.15, 0.2) is 0 Å². The summed E-state index contributed by atoms with van der Waals surface area (Å²) in [5, 5.41) is 9.01. The lowest BCUT2D eigenvalue weighted by Crippen LogP contribution is -2.38. The number of ether oxygens (including phenoxy) is 1. The van der Waals surface area contributed by atoms with Crippen LogP contribution >= 0.6 is 0 Å². The quantitative estimate of drug-likeness (QED) is 0.723. The Hall–Kier alpha value is -0.0800. The van der Waals surface area contributed by atoms with Gasteiger partial charge in [-0.15, -0.1) is 0 Å². The molecular formula is C11H20O2. The zero-order valence-corrected chi connectivity index (χ0v) is 8.24. The van der Waals surface area contributed by atoms with Crippen LogP contribution in [0.15, 0.2) is 0 Å². The molecule has 0 aromatic carbocycles. The van der Waals surface area contributed by atoms with Crippen LogP contribution in [0.3, 0.4) is 0 Å². The molecule has 0 amide bonds. The summed E-state index contributed by atoms with van der Waals surface area (Å²) in [6.45, 7) is 1.28. The summed E-state index contributed by atoms with van der Waals surface area (Å²) in [7, 11) is 0. The second kappa shape index (κ2) is 4.43. The Balaban J connectivity index is 1.86. The summed E-state index contributed by atoms with van der Waals surface area (Å²) in [4.78, 5) is 0. The second-order valence-corrected chi connectivity index (χ2v) is 4.42. The highest BCUT2D eigenvalue weighted by molar-refractivity contribution is 4.84. The minimum absolute atomic E-state index is 0.334. The lowest BCUT2D eigenvalue weighted by Gasteiger charge is -2.37. The van der Waals surface area contributed by atoms with E-state index in [4.69, 9.17) is 9.84 Å². The van der Waals surface area contributed by atoms with Crippen LogP contribution in [0.4, 0.5) is 0 Å². The van der Waals surface area contributed by atoms with Gasteiger partial charge < -0.3 is 9.84 Å². The minimum Gasteiger partial charge on any atom is -0.396 e. The van der Waals surface area contributed by atoms with E-state index in [1.54, 1.807) is 0 Å². The molecule has 0 aromatic rings. The zero-order chi connectivity index (χ0) is 9.10. The summed E-state index contributed by atoms with van der Waals surface area (Å²) in [6.07, 6.45) is 8.17. The second-order valence-electron chi connectivity index (χ2n) is 4.42. The molecule has 2 nitrogen and oxygen atoms in total. The van der Waals surface area contributed by atoms with Gasteiger partial charge in [-0.05, 0) is 24.7 Å². The molecule has 1 heterocycles. The SMILES string of the molecule is OCCC(C1CCCC1)C1CCO1. The third-order valence-electron chi connectivity index (χ3n) is 3.68. The topological polar surface area (TPSA) is 29.5 Å². The average Bonchev–Trinajstić information content (AvgIpc) is 2.51. The van der Waals surface area contributed by atoms with Crippen molar-refractivity contribution in [3.05, 3.63) is 0 Å². The van der Waals surface area contributed by atoms with Gasteiger partial charge in [0.25, 0.3) is 0 Å². The fourth-order valence-corrected chi connectivity index (χ4v) is 2.85. The van der Waals surface area contributed by atoms with Gasteiger partial charge in [-0.3, -0.25) is 0 Å². The number of hydrogen-bond donors (Lipinski definition) is 1. The molecule has 0 spiro atoms. The highest BCUT2D eigenvalue weighted by atomic mass is 16.5. The van der Waals surface area contributed by atoms with Crippen LogP contribution in [0, 0.1) is 11.8 Å². The number of aliphatic hydroxyl groups excluding tert-OH is 1. The molecule has 0 aromatic heterocycles. The van der Waals surface area contributed by atoms with E-state index < -0.39 is 0 Å². The highest BCUT2D eigenvalue weighted by Gasteiger charge is 2.34. The van der Waals surface area contributed by atoms with Gasteiger partial charge in [0, 0.05) is 13.2 Å². The standard InChI is InChI=1S/C11H20O2/c12-7-5-10(11-6-8-13-11)9-3-1-2-4-9/h9-12H,1-8H2. The third kappa shape index (κ3) is 2.05. The fraction of sp³-hybridized carbons (Fsp3) is 1.00. The van der Waals surface area contributed by atoms with Crippen LogP contribution in [0.1, 0.15) is 38.5 Å². The first kappa shape index (κ1) is 9.47. The smallest absolute Gasteiger partial charge is 0.0628 e. The maximum Gasteiger partial charge on any atom is 0.0628 e. The van der Waals surface area contributed by atoms with E-state index in [0.29, 0.717) is 18.6 Å². The highest BCUT2D eigenvalue weighted by Crippen LogP contribution is 2.38. The summed E-state index contributed by atoms with van der Waals surface area (Å²) < 4.78 is 5.55. The Labute approximate surface area is 80.3 Å². The van der Waals surface area contributed by atoms with Crippen molar-refractivity contribution in [2.24, 2.45) is 11.8 Å². The lowest BCUT2D eigenvalue weighted by atomic mass is 9.81. The molecule has 2 unspecified atom stereocenters. The maximum absolute atomic E-state index is 9.01. The Kier molecular flexibility index (Phi) is 3.23. The first-order chi connectivity index (χ1) is 6.42. The Morgan fingerprint density at radius 2 is 1.92 bits per heavy atom. The predicted octanol–water partition coefficient (Wildman–Crippen LogP) is 1.96. The molecule has 1 aliphatic heterocycles. The first-order valence-electron chi connectivity index (χ1n) is 5.64. The molecule has 1 aliphatic carbocycles. The predicted molar refractivity (Wildman–Crippen MR) is 51.5 cm³/mol. The van der Waals surface area contributed by atoms with Gasteiger partial charge >= 0.3 is 0 Å². The third-order valence-corrected chi connectivity index (χ3v) is 3.68. The van der Waals surface area contributed by atoms with E-state index in [9.17, 15) is 0 Å². The van der Waals surface area contributed by atoms with Crippen molar-refractivity contribution in [1.29, 1.82) is 0 Å². The lowest BCUT2D eigenvalue weighted by molar-refractivity contribution is -0.102. The van der Waals surface area contributed by atoms with E-state index in [1.807, 2.05) is 0 Å². The molecule has 1 N–H and O–H groups in total. The largest absolute Gasteiger partial charge is 0.396 e. The van der Waals surface area contributed by atoms with Crippen LogP contribution in [0.25, 0.3) is 0 Å². The average molecular weight is 184 g/mol. The summed E-state index contributed by atoms with van der Waals surface area (Å²) in [6, 6.07) is 0. The monoisotopic (exact) mass is 184 g/mol. The summed E-state index contributed by atoms with van der Waals surface area (Å²) in [5.41, 5.74) is 0. The molecule has 1 saturated carbocycles. The molecule has 0 radical (unpaired) electrons. The van der Waals surface area contributed by atoms with E-state index in [2.05, 4.69) is 0 Å².